The predicted octanol–water partition coefficient (Wildman–Crippen LogP) is 2.03. The Morgan fingerprint density at radius 3 is 1.71 bits per heavy atom. The lowest BCUT2D eigenvalue weighted by Gasteiger charge is -2.38. The molecule has 1 aliphatic carbocycles. The number of alkyl halides is 8. The van der Waals surface area contributed by atoms with Crippen LogP contribution in [-0.4, -0.2) is 34.7 Å². The molecule has 4 atom stereocenters. The van der Waals surface area contributed by atoms with Crippen LogP contribution in [0.25, 0.3) is 0 Å². The van der Waals surface area contributed by atoms with Gasteiger partial charge in [0, 0.05) is 0 Å². The highest BCUT2D eigenvalue weighted by molar-refractivity contribution is 6.25. The van der Waals surface area contributed by atoms with E-state index in [1.54, 1.807) is 0 Å². The van der Waals surface area contributed by atoms with Crippen LogP contribution in [0, 0.1) is 5.92 Å². The molecule has 0 aromatic carbocycles. The normalized spacial score (nSPS) is 40.9. The molecular formula is C8H8Cl2F6N+. The zero-order valence-corrected chi connectivity index (χ0v) is 9.63. The molecule has 0 spiro atoms. The average molecular weight is 303 g/mol. The van der Waals surface area contributed by atoms with Crippen molar-refractivity contribution in [3.05, 3.63) is 0 Å². The molecule has 2 N–H and O–H groups in total. The molecule has 2 rings (SSSR count). The fourth-order valence-corrected chi connectivity index (χ4v) is 3.87. The fraction of sp³-hybridized carbons (Fsp3) is 1.00. The molecule has 1 nitrogen and oxygen atoms in total. The van der Waals surface area contributed by atoms with Crippen LogP contribution in [0.4, 0.5) is 26.3 Å². The van der Waals surface area contributed by atoms with Crippen molar-refractivity contribution < 1.29 is 31.7 Å². The Balaban J connectivity index is 2.48. The van der Waals surface area contributed by atoms with Gasteiger partial charge in [0.1, 0.15) is 6.04 Å². The molecule has 1 aliphatic heterocycles. The fourth-order valence-electron chi connectivity index (χ4n) is 2.83. The van der Waals surface area contributed by atoms with Crippen LogP contribution < -0.4 is 5.32 Å². The first-order valence-corrected chi connectivity index (χ1v) is 5.67. The zero-order chi connectivity index (χ0) is 13.2. The summed E-state index contributed by atoms with van der Waals surface area (Å²) in [6.07, 6.45) is -11.2. The van der Waals surface area contributed by atoms with Crippen molar-refractivity contribution in [2.45, 2.75) is 41.1 Å². The molecule has 2 fully saturated rings. The molecule has 9 heteroatoms. The van der Waals surface area contributed by atoms with Crippen LogP contribution in [0.3, 0.4) is 0 Å². The van der Waals surface area contributed by atoms with Gasteiger partial charge in [-0.1, -0.05) is 0 Å². The summed E-state index contributed by atoms with van der Waals surface area (Å²) in [5.74, 6) is -1.73. The number of quaternary nitrogens is 1. The van der Waals surface area contributed by atoms with E-state index in [0.717, 1.165) is 0 Å². The SMILES string of the molecule is FC(F)(F)C1(C(F)(F)F)[NH2+][C@H]2[C@@H](Cl)[C@@H]1C[C@H]2Cl. The van der Waals surface area contributed by atoms with Gasteiger partial charge < -0.3 is 5.32 Å². The second-order valence-corrected chi connectivity index (χ2v) is 5.48. The number of halogens is 8. The van der Waals surface area contributed by atoms with Gasteiger partial charge in [-0.2, -0.15) is 26.3 Å². The third kappa shape index (κ3) is 1.58. The standard InChI is InChI=1S/C8H7Cl2F6N/c9-3-1-2-4(10)5(3)17-6(2,7(11,12)13)8(14,15)16/h2-5,17H,1H2/p+1/t2-,3+,4-,5+/m0/s1. The minimum atomic E-state index is -5.39. The molecule has 1 saturated heterocycles. The molecule has 0 aromatic heterocycles. The highest BCUT2D eigenvalue weighted by Gasteiger charge is 2.85. The summed E-state index contributed by atoms with van der Waals surface area (Å²) in [5, 5.41) is -1.70. The Hall–Kier alpha value is 0.120. The molecule has 1 heterocycles. The Morgan fingerprint density at radius 2 is 1.47 bits per heavy atom. The minimum Gasteiger partial charge on any atom is -0.321 e. The highest BCUT2D eigenvalue weighted by Crippen LogP contribution is 2.55. The number of piperidine rings is 1. The molecule has 17 heavy (non-hydrogen) atoms. The molecular weight excluding hydrogens is 295 g/mol. The van der Waals surface area contributed by atoms with Crippen LogP contribution >= 0.6 is 23.2 Å². The van der Waals surface area contributed by atoms with Crippen molar-refractivity contribution in [1.82, 2.24) is 0 Å². The smallest absolute Gasteiger partial charge is 0.321 e. The zero-order valence-electron chi connectivity index (χ0n) is 8.12. The van der Waals surface area contributed by atoms with Crippen LogP contribution in [-0.2, 0) is 0 Å². The summed E-state index contributed by atoms with van der Waals surface area (Å²) in [4.78, 5) is 0. The van der Waals surface area contributed by atoms with E-state index in [4.69, 9.17) is 23.2 Å². The number of hydrogen-bond donors (Lipinski definition) is 1. The van der Waals surface area contributed by atoms with Gasteiger partial charge in [0.25, 0.3) is 5.54 Å². The first-order valence-electron chi connectivity index (χ1n) is 4.80. The van der Waals surface area contributed by atoms with Crippen LogP contribution in [0.5, 0.6) is 0 Å². The molecule has 0 aromatic rings. The molecule has 0 amide bonds. The van der Waals surface area contributed by atoms with E-state index >= 15 is 0 Å². The van der Waals surface area contributed by atoms with Gasteiger partial charge >= 0.3 is 12.4 Å². The number of rotatable bonds is 0. The van der Waals surface area contributed by atoms with Crippen LogP contribution in [0.1, 0.15) is 6.42 Å². The lowest BCUT2D eigenvalue weighted by molar-refractivity contribution is -0.794. The van der Waals surface area contributed by atoms with E-state index in [9.17, 15) is 26.3 Å². The third-order valence-corrected chi connectivity index (χ3v) is 4.69. The van der Waals surface area contributed by atoms with Crippen molar-refractivity contribution in [3.63, 3.8) is 0 Å². The van der Waals surface area contributed by atoms with Gasteiger partial charge in [-0.05, 0) is 6.42 Å². The average Bonchev–Trinajstić information content (AvgIpc) is 2.53. The monoisotopic (exact) mass is 302 g/mol. The largest absolute Gasteiger partial charge is 0.454 e. The van der Waals surface area contributed by atoms with E-state index in [-0.39, 0.29) is 11.7 Å². The third-order valence-electron chi connectivity index (χ3n) is 3.63. The predicted molar refractivity (Wildman–Crippen MR) is 47.9 cm³/mol. The summed E-state index contributed by atoms with van der Waals surface area (Å²) in [6, 6.07) is -1.05. The first kappa shape index (κ1) is 13.5. The Labute approximate surface area is 102 Å². The number of hydrogen-bond acceptors (Lipinski definition) is 0. The Kier molecular flexibility index (Phi) is 2.85. The van der Waals surface area contributed by atoms with E-state index in [1.165, 1.54) is 0 Å². The maximum absolute atomic E-state index is 12.8. The van der Waals surface area contributed by atoms with Crippen LogP contribution in [0.15, 0.2) is 0 Å². The summed E-state index contributed by atoms with van der Waals surface area (Å²) >= 11 is 11.3. The molecule has 0 unspecified atom stereocenters. The maximum atomic E-state index is 12.8. The molecule has 2 bridgehead atoms. The lowest BCUT2D eigenvalue weighted by atomic mass is 9.82. The van der Waals surface area contributed by atoms with Gasteiger partial charge in [0.15, 0.2) is 0 Å². The van der Waals surface area contributed by atoms with Crippen LogP contribution in [0.2, 0.25) is 0 Å². The van der Waals surface area contributed by atoms with Gasteiger partial charge in [-0.15, -0.1) is 23.2 Å². The number of nitrogens with two attached hydrogens (primary N) is 1. The topological polar surface area (TPSA) is 16.6 Å². The molecule has 100 valence electrons. The quantitative estimate of drug-likeness (QED) is 0.521. The molecule has 2 aliphatic rings. The van der Waals surface area contributed by atoms with Gasteiger partial charge in [-0.25, -0.2) is 0 Å². The second kappa shape index (κ2) is 3.57. The van der Waals surface area contributed by atoms with Gasteiger partial charge in [0.2, 0.25) is 0 Å². The second-order valence-electron chi connectivity index (χ2n) is 4.41. The van der Waals surface area contributed by atoms with E-state index < -0.39 is 40.6 Å². The molecule has 0 radical (unpaired) electrons. The lowest BCUT2D eigenvalue weighted by Crippen LogP contribution is -3.07. The number of fused-ring (bicyclic) bond motifs is 2. The maximum Gasteiger partial charge on any atom is 0.454 e. The first-order chi connectivity index (χ1) is 7.52. The summed E-state index contributed by atoms with van der Waals surface area (Å²) in [6.45, 7) is 0. The Bertz CT molecular complexity index is 313. The van der Waals surface area contributed by atoms with E-state index in [1.807, 2.05) is 0 Å². The van der Waals surface area contributed by atoms with Gasteiger partial charge in [0.05, 0.1) is 16.7 Å². The van der Waals surface area contributed by atoms with Crippen molar-refractivity contribution in [2.24, 2.45) is 5.92 Å². The molecule has 1 saturated carbocycles. The van der Waals surface area contributed by atoms with E-state index in [0.29, 0.717) is 0 Å². The Morgan fingerprint density at radius 1 is 1.00 bits per heavy atom. The van der Waals surface area contributed by atoms with Gasteiger partial charge in [-0.3, -0.25) is 0 Å². The van der Waals surface area contributed by atoms with E-state index in [2.05, 4.69) is 0 Å². The van der Waals surface area contributed by atoms with Crippen molar-refractivity contribution in [3.8, 4) is 0 Å². The summed E-state index contributed by atoms with van der Waals surface area (Å²) < 4.78 is 76.9. The van der Waals surface area contributed by atoms with Crippen molar-refractivity contribution in [2.75, 3.05) is 0 Å². The van der Waals surface area contributed by atoms with Crippen molar-refractivity contribution in [1.29, 1.82) is 0 Å². The summed E-state index contributed by atoms with van der Waals surface area (Å²) in [5.41, 5.74) is -3.80. The summed E-state index contributed by atoms with van der Waals surface area (Å²) in [7, 11) is 0. The van der Waals surface area contributed by atoms with Crippen molar-refractivity contribution >= 4 is 23.2 Å². The minimum absolute atomic E-state index is 0.260. The highest BCUT2D eigenvalue weighted by atomic mass is 35.5.